The van der Waals surface area contributed by atoms with Crippen LogP contribution in [-0.2, 0) is 10.2 Å². The number of hydrogen-bond donors (Lipinski definition) is 2. The van der Waals surface area contributed by atoms with Crippen molar-refractivity contribution in [2.24, 2.45) is 0 Å². The number of carbonyl (C=O) groups excluding carboxylic acids is 2. The zero-order valence-electron chi connectivity index (χ0n) is 21.3. The molecule has 4 rings (SSSR count). The highest BCUT2D eigenvalue weighted by molar-refractivity contribution is 6.04. The molecule has 0 atom stereocenters. The smallest absolute Gasteiger partial charge is 0.413 e. The number of nitrogens with one attached hydrogen (secondary N) is 2. The number of rotatable bonds is 6. The number of nitriles is 1. The van der Waals surface area contributed by atoms with Crippen molar-refractivity contribution in [1.82, 2.24) is 19.9 Å². The second kappa shape index (κ2) is 10.8. The third-order valence-corrected chi connectivity index (χ3v) is 5.81. The lowest BCUT2D eigenvalue weighted by Gasteiger charge is -2.15. The average molecular weight is 508 g/mol. The first-order chi connectivity index (χ1) is 18.2. The van der Waals surface area contributed by atoms with Crippen LogP contribution < -0.4 is 10.6 Å². The zero-order valence-corrected chi connectivity index (χ0v) is 21.3. The van der Waals surface area contributed by atoms with Gasteiger partial charge in [-0.05, 0) is 56.7 Å². The number of benzene rings is 1. The van der Waals surface area contributed by atoms with Crippen molar-refractivity contribution < 1.29 is 14.3 Å². The van der Waals surface area contributed by atoms with E-state index in [4.69, 9.17) is 0 Å². The van der Waals surface area contributed by atoms with Crippen LogP contribution >= 0.6 is 0 Å². The van der Waals surface area contributed by atoms with Crippen molar-refractivity contribution in [1.29, 1.82) is 5.26 Å². The number of nitrogens with zero attached hydrogens (tertiary/aromatic N) is 5. The van der Waals surface area contributed by atoms with Crippen LogP contribution in [-0.4, -0.2) is 39.0 Å². The van der Waals surface area contributed by atoms with Gasteiger partial charge in [-0.3, -0.25) is 20.1 Å². The number of carbonyl (C=O) groups is 2. The minimum absolute atomic E-state index is 0.125. The number of pyridine rings is 2. The van der Waals surface area contributed by atoms with Gasteiger partial charge in [-0.2, -0.15) is 5.26 Å². The maximum absolute atomic E-state index is 13.0. The van der Waals surface area contributed by atoms with Crippen molar-refractivity contribution in [2.75, 3.05) is 17.7 Å². The maximum atomic E-state index is 13.0. The van der Waals surface area contributed by atoms with Gasteiger partial charge in [0.15, 0.2) is 0 Å². The summed E-state index contributed by atoms with van der Waals surface area (Å²) in [5.74, 6) is -0.209. The first kappa shape index (κ1) is 25.9. The normalized spacial score (nSPS) is 10.8. The molecular formula is C28H25N7O3. The first-order valence-electron chi connectivity index (χ1n) is 11.6. The molecule has 0 spiro atoms. The number of amides is 2. The standard InChI is InChI=1S/C28H25N7O3/c1-17-22(18-6-5-7-19(12-18)23-9-11-31-26(34-23)35-27(37)38-4)14-21(15-32-17)33-25(36)20-8-10-30-24(13-20)28(2,3)16-29/h5-15H,1-4H3,(H,33,36)(H,31,34,35,37). The molecule has 0 unspecified atom stereocenters. The monoisotopic (exact) mass is 507 g/mol. The highest BCUT2D eigenvalue weighted by Crippen LogP contribution is 2.29. The molecule has 0 aliphatic heterocycles. The molecule has 3 aromatic heterocycles. The number of methoxy groups -OCH3 is 1. The van der Waals surface area contributed by atoms with E-state index in [0.717, 1.165) is 22.4 Å². The Bertz CT molecular complexity index is 1560. The number of anilines is 2. The Labute approximate surface area is 219 Å². The summed E-state index contributed by atoms with van der Waals surface area (Å²) in [6.07, 6.45) is 4.00. The largest absolute Gasteiger partial charge is 0.453 e. The Balaban J connectivity index is 1.60. The summed E-state index contributed by atoms with van der Waals surface area (Å²) < 4.78 is 4.60. The number of ether oxygens (including phenoxy) is 1. The van der Waals surface area contributed by atoms with Crippen LogP contribution in [0.5, 0.6) is 0 Å². The number of aromatic nitrogens is 4. The van der Waals surface area contributed by atoms with Crippen molar-refractivity contribution in [2.45, 2.75) is 26.2 Å². The van der Waals surface area contributed by atoms with E-state index in [9.17, 15) is 14.9 Å². The lowest BCUT2D eigenvalue weighted by molar-refractivity contribution is 0.102. The molecule has 38 heavy (non-hydrogen) atoms. The quantitative estimate of drug-likeness (QED) is 0.365. The average Bonchev–Trinajstić information content (AvgIpc) is 2.94. The highest BCUT2D eigenvalue weighted by atomic mass is 16.5. The molecule has 10 heteroatoms. The van der Waals surface area contributed by atoms with Gasteiger partial charge in [-0.15, -0.1) is 0 Å². The van der Waals surface area contributed by atoms with Gasteiger partial charge in [-0.1, -0.05) is 18.2 Å². The molecule has 190 valence electrons. The summed E-state index contributed by atoms with van der Waals surface area (Å²) in [4.78, 5) is 41.6. The van der Waals surface area contributed by atoms with Crippen LogP contribution in [0.25, 0.3) is 22.4 Å². The van der Waals surface area contributed by atoms with Gasteiger partial charge in [0.1, 0.15) is 0 Å². The lowest BCUT2D eigenvalue weighted by Crippen LogP contribution is -2.18. The van der Waals surface area contributed by atoms with E-state index >= 15 is 0 Å². The highest BCUT2D eigenvalue weighted by Gasteiger charge is 2.22. The fourth-order valence-electron chi connectivity index (χ4n) is 3.64. The summed E-state index contributed by atoms with van der Waals surface area (Å²) in [6.45, 7) is 5.38. The van der Waals surface area contributed by atoms with Crippen LogP contribution in [0.15, 0.2) is 67.1 Å². The van der Waals surface area contributed by atoms with E-state index in [1.54, 1.807) is 44.4 Å². The summed E-state index contributed by atoms with van der Waals surface area (Å²) in [5, 5.41) is 14.7. The molecule has 0 radical (unpaired) electrons. The van der Waals surface area contributed by atoms with Gasteiger partial charge < -0.3 is 10.1 Å². The first-order valence-corrected chi connectivity index (χ1v) is 11.6. The second-order valence-electron chi connectivity index (χ2n) is 8.94. The topological polar surface area (TPSA) is 143 Å². The Morgan fingerprint density at radius 3 is 2.50 bits per heavy atom. The van der Waals surface area contributed by atoms with E-state index in [1.807, 2.05) is 37.3 Å². The second-order valence-corrected chi connectivity index (χ2v) is 8.94. The number of aryl methyl sites for hydroxylation is 1. The molecule has 4 aromatic rings. The van der Waals surface area contributed by atoms with Crippen LogP contribution in [0, 0.1) is 18.3 Å². The lowest BCUT2D eigenvalue weighted by atomic mass is 9.90. The van der Waals surface area contributed by atoms with Crippen molar-refractivity contribution in [3.8, 4) is 28.5 Å². The Morgan fingerprint density at radius 2 is 1.74 bits per heavy atom. The van der Waals surface area contributed by atoms with Gasteiger partial charge in [0.05, 0.1) is 41.9 Å². The van der Waals surface area contributed by atoms with E-state index < -0.39 is 11.5 Å². The van der Waals surface area contributed by atoms with Gasteiger partial charge in [0.25, 0.3) is 5.91 Å². The van der Waals surface area contributed by atoms with Gasteiger partial charge in [-0.25, -0.2) is 14.8 Å². The maximum Gasteiger partial charge on any atom is 0.413 e. The minimum atomic E-state index is -0.820. The Kier molecular flexibility index (Phi) is 7.39. The molecule has 0 saturated heterocycles. The van der Waals surface area contributed by atoms with E-state index in [2.05, 4.69) is 41.4 Å². The van der Waals surface area contributed by atoms with Gasteiger partial charge in [0, 0.05) is 34.8 Å². The van der Waals surface area contributed by atoms with Gasteiger partial charge in [0.2, 0.25) is 5.95 Å². The molecule has 0 saturated carbocycles. The third kappa shape index (κ3) is 5.79. The molecule has 2 amide bonds. The number of hydrogen-bond acceptors (Lipinski definition) is 8. The molecule has 0 fully saturated rings. The van der Waals surface area contributed by atoms with Crippen LogP contribution in [0.1, 0.15) is 35.6 Å². The molecule has 10 nitrogen and oxygen atoms in total. The van der Waals surface area contributed by atoms with Crippen molar-refractivity contribution >= 4 is 23.6 Å². The predicted molar refractivity (Wildman–Crippen MR) is 142 cm³/mol. The van der Waals surface area contributed by atoms with Crippen molar-refractivity contribution in [3.63, 3.8) is 0 Å². The summed E-state index contributed by atoms with van der Waals surface area (Å²) in [7, 11) is 1.26. The SMILES string of the molecule is COC(=O)Nc1nccc(-c2cccc(-c3cc(NC(=O)c4ccnc(C(C)(C)C#N)c4)cnc3C)c2)n1. The van der Waals surface area contributed by atoms with Crippen LogP contribution in [0.3, 0.4) is 0 Å². The third-order valence-electron chi connectivity index (χ3n) is 5.81. The van der Waals surface area contributed by atoms with E-state index in [0.29, 0.717) is 22.6 Å². The predicted octanol–water partition coefficient (Wildman–Crippen LogP) is 5.14. The molecule has 1 aromatic carbocycles. The minimum Gasteiger partial charge on any atom is -0.453 e. The van der Waals surface area contributed by atoms with Gasteiger partial charge >= 0.3 is 6.09 Å². The summed E-state index contributed by atoms with van der Waals surface area (Å²) in [5.41, 5.74) is 4.49. The molecule has 0 aliphatic rings. The van der Waals surface area contributed by atoms with E-state index in [1.165, 1.54) is 13.3 Å². The molecule has 3 heterocycles. The fraction of sp³-hybridized carbons (Fsp3) is 0.179. The molecule has 2 N–H and O–H groups in total. The van der Waals surface area contributed by atoms with Crippen molar-refractivity contribution in [3.05, 3.63) is 84.1 Å². The Morgan fingerprint density at radius 1 is 0.974 bits per heavy atom. The molecule has 0 bridgehead atoms. The summed E-state index contributed by atoms with van der Waals surface area (Å²) >= 11 is 0. The molecular weight excluding hydrogens is 482 g/mol. The summed E-state index contributed by atoms with van der Waals surface area (Å²) in [6, 6.07) is 16.7. The van der Waals surface area contributed by atoms with Crippen LogP contribution in [0.2, 0.25) is 0 Å². The zero-order chi connectivity index (χ0) is 27.3. The van der Waals surface area contributed by atoms with E-state index in [-0.39, 0.29) is 11.9 Å². The molecule has 0 aliphatic carbocycles. The Hall–Kier alpha value is -5.17. The fourth-order valence-corrected chi connectivity index (χ4v) is 3.64. The van der Waals surface area contributed by atoms with Crippen LogP contribution in [0.4, 0.5) is 16.4 Å².